The van der Waals surface area contributed by atoms with Crippen molar-refractivity contribution in [3.63, 3.8) is 0 Å². The predicted octanol–water partition coefficient (Wildman–Crippen LogP) is 1.18. The molecule has 0 amide bonds. The van der Waals surface area contributed by atoms with E-state index in [0.717, 1.165) is 18.8 Å². The summed E-state index contributed by atoms with van der Waals surface area (Å²) in [5, 5.41) is 3.29. The smallest absolute Gasteiger partial charge is 0.0347 e. The van der Waals surface area contributed by atoms with E-state index in [1.54, 1.807) is 0 Å². The SMILES string of the molecule is Cc1cc2c(cc1N)CNC2. The topological polar surface area (TPSA) is 38.0 Å². The molecule has 1 heterocycles. The Hall–Kier alpha value is -1.02. The van der Waals surface area contributed by atoms with Crippen LogP contribution in [0.4, 0.5) is 5.69 Å². The molecule has 1 aliphatic rings. The van der Waals surface area contributed by atoms with Gasteiger partial charge in [0.25, 0.3) is 0 Å². The number of hydrogen-bond acceptors (Lipinski definition) is 2. The Morgan fingerprint density at radius 1 is 1.27 bits per heavy atom. The molecule has 1 aromatic carbocycles. The van der Waals surface area contributed by atoms with Crippen LogP contribution in [0, 0.1) is 6.92 Å². The highest BCUT2D eigenvalue weighted by Gasteiger charge is 2.10. The highest BCUT2D eigenvalue weighted by Crippen LogP contribution is 2.21. The van der Waals surface area contributed by atoms with Crippen LogP contribution in [0.1, 0.15) is 16.7 Å². The van der Waals surface area contributed by atoms with Crippen molar-refractivity contribution in [3.05, 3.63) is 28.8 Å². The fraction of sp³-hybridized carbons (Fsp3) is 0.333. The van der Waals surface area contributed by atoms with Crippen LogP contribution in [0.3, 0.4) is 0 Å². The van der Waals surface area contributed by atoms with Crippen molar-refractivity contribution in [2.75, 3.05) is 5.73 Å². The number of nitrogen functional groups attached to an aromatic ring is 1. The van der Waals surface area contributed by atoms with E-state index in [2.05, 4.69) is 17.4 Å². The molecule has 2 heteroatoms. The monoisotopic (exact) mass is 148 g/mol. The third kappa shape index (κ3) is 0.994. The molecule has 0 aliphatic carbocycles. The van der Waals surface area contributed by atoms with Crippen molar-refractivity contribution >= 4 is 5.69 Å². The molecule has 0 unspecified atom stereocenters. The summed E-state index contributed by atoms with van der Waals surface area (Å²) in [6.45, 7) is 4.02. The van der Waals surface area contributed by atoms with Gasteiger partial charge in [0.05, 0.1) is 0 Å². The molecule has 2 rings (SSSR count). The summed E-state index contributed by atoms with van der Waals surface area (Å²) in [6.07, 6.45) is 0. The molecule has 11 heavy (non-hydrogen) atoms. The van der Waals surface area contributed by atoms with E-state index in [0.29, 0.717) is 0 Å². The Labute approximate surface area is 66.4 Å². The first-order chi connectivity index (χ1) is 5.27. The zero-order valence-corrected chi connectivity index (χ0v) is 6.65. The van der Waals surface area contributed by atoms with Crippen molar-refractivity contribution in [1.29, 1.82) is 0 Å². The van der Waals surface area contributed by atoms with Crippen LogP contribution in [-0.4, -0.2) is 0 Å². The summed E-state index contributed by atoms with van der Waals surface area (Å²) in [5.41, 5.74) is 10.6. The maximum Gasteiger partial charge on any atom is 0.0347 e. The molecule has 1 aromatic rings. The zero-order chi connectivity index (χ0) is 7.84. The second-order valence-electron chi connectivity index (χ2n) is 3.08. The average Bonchev–Trinajstić information content (AvgIpc) is 2.36. The normalized spacial score (nSPS) is 15.0. The van der Waals surface area contributed by atoms with Gasteiger partial charge in [0.1, 0.15) is 0 Å². The Morgan fingerprint density at radius 3 is 2.64 bits per heavy atom. The van der Waals surface area contributed by atoms with Crippen LogP contribution >= 0.6 is 0 Å². The molecule has 0 fully saturated rings. The van der Waals surface area contributed by atoms with E-state index in [1.165, 1.54) is 16.7 Å². The van der Waals surface area contributed by atoms with Crippen LogP contribution in [0.5, 0.6) is 0 Å². The Bertz CT molecular complexity index is 263. The summed E-state index contributed by atoms with van der Waals surface area (Å²) >= 11 is 0. The van der Waals surface area contributed by atoms with E-state index in [-0.39, 0.29) is 0 Å². The molecule has 2 nitrogen and oxygen atoms in total. The number of hydrogen-bond donors (Lipinski definition) is 2. The van der Waals surface area contributed by atoms with Gasteiger partial charge in [0.15, 0.2) is 0 Å². The fourth-order valence-corrected chi connectivity index (χ4v) is 1.49. The first-order valence-corrected chi connectivity index (χ1v) is 3.86. The second-order valence-corrected chi connectivity index (χ2v) is 3.08. The van der Waals surface area contributed by atoms with Crippen LogP contribution in [-0.2, 0) is 13.1 Å². The van der Waals surface area contributed by atoms with Gasteiger partial charge in [-0.05, 0) is 29.7 Å². The van der Waals surface area contributed by atoms with Gasteiger partial charge in [-0.25, -0.2) is 0 Å². The van der Waals surface area contributed by atoms with Gasteiger partial charge in [0.2, 0.25) is 0 Å². The standard InChI is InChI=1S/C9H12N2/c1-6-2-7-4-11-5-8(7)3-9(6)10/h2-3,11H,4-5,10H2,1H3. The molecule has 0 saturated heterocycles. The molecule has 0 bridgehead atoms. The summed E-state index contributed by atoms with van der Waals surface area (Å²) in [7, 11) is 0. The van der Waals surface area contributed by atoms with E-state index in [1.807, 2.05) is 6.92 Å². The fourth-order valence-electron chi connectivity index (χ4n) is 1.49. The second kappa shape index (κ2) is 2.24. The van der Waals surface area contributed by atoms with Gasteiger partial charge in [0, 0.05) is 18.8 Å². The van der Waals surface area contributed by atoms with E-state index < -0.39 is 0 Å². The molecule has 58 valence electrons. The van der Waals surface area contributed by atoms with Gasteiger partial charge in [-0.15, -0.1) is 0 Å². The summed E-state index contributed by atoms with van der Waals surface area (Å²) in [6, 6.07) is 4.25. The minimum Gasteiger partial charge on any atom is -0.399 e. The first-order valence-electron chi connectivity index (χ1n) is 3.86. The lowest BCUT2D eigenvalue weighted by atomic mass is 10.1. The van der Waals surface area contributed by atoms with Crippen LogP contribution < -0.4 is 11.1 Å². The van der Waals surface area contributed by atoms with Crippen LogP contribution in [0.2, 0.25) is 0 Å². The molecule has 0 atom stereocenters. The lowest BCUT2D eigenvalue weighted by Crippen LogP contribution is -1.99. The van der Waals surface area contributed by atoms with Crippen molar-refractivity contribution in [1.82, 2.24) is 5.32 Å². The highest BCUT2D eigenvalue weighted by molar-refractivity contribution is 5.52. The Kier molecular flexibility index (Phi) is 1.36. The number of fused-ring (bicyclic) bond motifs is 1. The maximum atomic E-state index is 5.77. The molecule has 3 N–H and O–H groups in total. The number of aryl methyl sites for hydroxylation is 1. The predicted molar refractivity (Wildman–Crippen MR) is 46.1 cm³/mol. The number of benzene rings is 1. The molecule has 0 saturated carbocycles. The van der Waals surface area contributed by atoms with E-state index in [9.17, 15) is 0 Å². The van der Waals surface area contributed by atoms with Crippen molar-refractivity contribution in [2.45, 2.75) is 20.0 Å². The van der Waals surface area contributed by atoms with Gasteiger partial charge >= 0.3 is 0 Å². The lowest BCUT2D eigenvalue weighted by molar-refractivity contribution is 0.765. The van der Waals surface area contributed by atoms with Crippen LogP contribution in [0.25, 0.3) is 0 Å². The van der Waals surface area contributed by atoms with Crippen LogP contribution in [0.15, 0.2) is 12.1 Å². The van der Waals surface area contributed by atoms with Gasteiger partial charge < -0.3 is 11.1 Å². The third-order valence-electron chi connectivity index (χ3n) is 2.22. The number of nitrogens with two attached hydrogens (primary N) is 1. The summed E-state index contributed by atoms with van der Waals surface area (Å²) in [5.74, 6) is 0. The van der Waals surface area contributed by atoms with Gasteiger partial charge in [-0.3, -0.25) is 0 Å². The Balaban J connectivity index is 2.57. The van der Waals surface area contributed by atoms with Crippen molar-refractivity contribution < 1.29 is 0 Å². The number of nitrogens with one attached hydrogen (secondary N) is 1. The quantitative estimate of drug-likeness (QED) is 0.542. The minimum absolute atomic E-state index is 0.910. The molecule has 0 spiro atoms. The third-order valence-corrected chi connectivity index (χ3v) is 2.22. The molecular formula is C9H12N2. The Morgan fingerprint density at radius 2 is 1.91 bits per heavy atom. The van der Waals surface area contributed by atoms with Crippen molar-refractivity contribution in [2.24, 2.45) is 0 Å². The minimum atomic E-state index is 0.910. The lowest BCUT2D eigenvalue weighted by Gasteiger charge is -2.02. The molecular weight excluding hydrogens is 136 g/mol. The summed E-state index contributed by atoms with van der Waals surface area (Å²) < 4.78 is 0. The maximum absolute atomic E-state index is 5.77. The number of rotatable bonds is 0. The number of anilines is 1. The van der Waals surface area contributed by atoms with E-state index >= 15 is 0 Å². The first kappa shape index (κ1) is 6.68. The molecule has 0 aromatic heterocycles. The molecule has 0 radical (unpaired) electrons. The zero-order valence-electron chi connectivity index (χ0n) is 6.65. The average molecular weight is 148 g/mol. The largest absolute Gasteiger partial charge is 0.399 e. The van der Waals surface area contributed by atoms with Crippen molar-refractivity contribution in [3.8, 4) is 0 Å². The van der Waals surface area contributed by atoms with Gasteiger partial charge in [-0.1, -0.05) is 6.07 Å². The molecule has 1 aliphatic heterocycles. The highest BCUT2D eigenvalue weighted by atomic mass is 14.9. The van der Waals surface area contributed by atoms with Gasteiger partial charge in [-0.2, -0.15) is 0 Å². The van der Waals surface area contributed by atoms with E-state index in [4.69, 9.17) is 5.73 Å². The summed E-state index contributed by atoms with van der Waals surface area (Å²) in [4.78, 5) is 0.